The van der Waals surface area contributed by atoms with Gasteiger partial charge in [-0.2, -0.15) is 0 Å². The van der Waals surface area contributed by atoms with Crippen molar-refractivity contribution in [1.29, 1.82) is 0 Å². The monoisotopic (exact) mass is 396 g/mol. The van der Waals surface area contributed by atoms with Crippen LogP contribution in [0.4, 0.5) is 0 Å². The summed E-state index contributed by atoms with van der Waals surface area (Å²) in [5, 5.41) is 8.79. The number of nitrogens with zero attached hydrogens (tertiary/aromatic N) is 2. The zero-order chi connectivity index (χ0) is 13.5. The maximum Gasteiger partial charge on any atom is 0.191 e. The molecular formula is C13H25IN4S. The number of aliphatic imine (C=N–C) groups is 1. The van der Waals surface area contributed by atoms with Gasteiger partial charge >= 0.3 is 0 Å². The first-order chi connectivity index (χ1) is 8.54. The third-order valence-corrected chi connectivity index (χ3v) is 3.58. The molecule has 2 N–H and O–H groups in total. The minimum atomic E-state index is 0. The Hall–Kier alpha value is -0.340. The van der Waals surface area contributed by atoms with Crippen LogP contribution in [0, 0.1) is 0 Å². The van der Waals surface area contributed by atoms with Crippen molar-refractivity contribution >= 4 is 41.3 Å². The number of likely N-dealkylation sites (N-methyl/N-ethyl adjacent to an activating group) is 1. The van der Waals surface area contributed by atoms with Gasteiger partial charge in [0.1, 0.15) is 0 Å². The lowest BCUT2D eigenvalue weighted by Crippen LogP contribution is -2.44. The molecule has 0 bridgehead atoms. The lowest BCUT2D eigenvalue weighted by Gasteiger charge is -2.25. The molecule has 0 aliphatic carbocycles. The normalized spacial score (nSPS) is 13.3. The third kappa shape index (κ3) is 6.58. The van der Waals surface area contributed by atoms with E-state index in [0.717, 1.165) is 12.5 Å². The van der Waals surface area contributed by atoms with Crippen LogP contribution in [0.3, 0.4) is 0 Å². The second-order valence-electron chi connectivity index (χ2n) is 4.75. The van der Waals surface area contributed by atoms with Gasteiger partial charge in [-0.15, -0.1) is 35.3 Å². The highest BCUT2D eigenvalue weighted by molar-refractivity contribution is 14.0. The Balaban J connectivity index is 0.00000324. The molecule has 110 valence electrons. The highest BCUT2D eigenvalue weighted by Crippen LogP contribution is 2.22. The Labute approximate surface area is 137 Å². The number of halogens is 1. The van der Waals surface area contributed by atoms with Crippen molar-refractivity contribution < 1.29 is 0 Å². The number of hydrogen-bond donors (Lipinski definition) is 2. The van der Waals surface area contributed by atoms with Crippen molar-refractivity contribution in [2.24, 2.45) is 4.99 Å². The molecule has 0 saturated heterocycles. The highest BCUT2D eigenvalue weighted by atomic mass is 127. The number of thiophene rings is 1. The van der Waals surface area contributed by atoms with Crippen LogP contribution in [-0.4, -0.2) is 44.6 Å². The van der Waals surface area contributed by atoms with Crippen molar-refractivity contribution in [2.45, 2.75) is 25.9 Å². The number of nitrogens with one attached hydrogen (secondary N) is 2. The number of hydrogen-bond acceptors (Lipinski definition) is 3. The molecule has 0 aliphatic rings. The van der Waals surface area contributed by atoms with Crippen molar-refractivity contribution in [1.82, 2.24) is 15.5 Å². The summed E-state index contributed by atoms with van der Waals surface area (Å²) in [4.78, 5) is 7.81. The van der Waals surface area contributed by atoms with Crippen LogP contribution in [0.5, 0.6) is 0 Å². The van der Waals surface area contributed by atoms with E-state index in [1.54, 1.807) is 18.4 Å². The minimum Gasteiger partial charge on any atom is -0.354 e. The van der Waals surface area contributed by atoms with E-state index >= 15 is 0 Å². The average molecular weight is 396 g/mol. The zero-order valence-electron chi connectivity index (χ0n) is 12.3. The quantitative estimate of drug-likeness (QED) is 0.457. The standard InChI is InChI=1S/C13H24N4S.HI/c1-10(2)16-13(14-3)15-9-11(17(4)5)12-7-6-8-18-12;/h6-8,10-11H,9H2,1-5H3,(H2,14,15,16);1H. The molecule has 0 saturated carbocycles. The van der Waals surface area contributed by atoms with Gasteiger partial charge in [0.05, 0.1) is 6.04 Å². The predicted molar refractivity (Wildman–Crippen MR) is 95.8 cm³/mol. The van der Waals surface area contributed by atoms with Crippen molar-refractivity contribution in [3.05, 3.63) is 22.4 Å². The molecule has 1 aromatic rings. The molecule has 0 radical (unpaired) electrons. The maximum atomic E-state index is 4.22. The Morgan fingerprint density at radius 1 is 1.42 bits per heavy atom. The minimum absolute atomic E-state index is 0. The van der Waals surface area contributed by atoms with Crippen molar-refractivity contribution in [3.8, 4) is 0 Å². The van der Waals surface area contributed by atoms with Crippen LogP contribution in [0.2, 0.25) is 0 Å². The van der Waals surface area contributed by atoms with Gasteiger partial charge in [0.2, 0.25) is 0 Å². The fourth-order valence-corrected chi connectivity index (χ4v) is 2.60. The molecule has 4 nitrogen and oxygen atoms in total. The molecule has 1 heterocycles. The van der Waals surface area contributed by atoms with Gasteiger partial charge in [0, 0.05) is 24.5 Å². The van der Waals surface area contributed by atoms with E-state index in [1.165, 1.54) is 4.88 Å². The van der Waals surface area contributed by atoms with E-state index in [1.807, 2.05) is 0 Å². The molecule has 1 rings (SSSR count). The van der Waals surface area contributed by atoms with Gasteiger partial charge < -0.3 is 15.5 Å². The lowest BCUT2D eigenvalue weighted by atomic mass is 10.2. The molecule has 6 heteroatoms. The molecule has 1 aromatic heterocycles. The Kier molecular flexibility index (Phi) is 9.38. The third-order valence-electron chi connectivity index (χ3n) is 2.61. The molecule has 0 amide bonds. The Morgan fingerprint density at radius 2 is 2.11 bits per heavy atom. The molecule has 19 heavy (non-hydrogen) atoms. The van der Waals surface area contributed by atoms with Crippen LogP contribution in [0.15, 0.2) is 22.5 Å². The first kappa shape index (κ1) is 18.7. The average Bonchev–Trinajstić information content (AvgIpc) is 2.80. The van der Waals surface area contributed by atoms with Crippen LogP contribution in [-0.2, 0) is 0 Å². The van der Waals surface area contributed by atoms with Crippen LogP contribution < -0.4 is 10.6 Å². The second kappa shape index (κ2) is 9.55. The molecular weight excluding hydrogens is 371 g/mol. The Bertz CT molecular complexity index is 363. The summed E-state index contributed by atoms with van der Waals surface area (Å²) >= 11 is 1.79. The van der Waals surface area contributed by atoms with Gasteiger partial charge in [-0.05, 0) is 39.4 Å². The van der Waals surface area contributed by atoms with Gasteiger partial charge in [0.25, 0.3) is 0 Å². The van der Waals surface area contributed by atoms with Gasteiger partial charge in [-0.1, -0.05) is 6.07 Å². The molecule has 1 unspecified atom stereocenters. The molecule has 1 atom stereocenters. The first-order valence-corrected chi connectivity index (χ1v) is 7.09. The Morgan fingerprint density at radius 3 is 2.53 bits per heavy atom. The number of guanidine groups is 1. The fourth-order valence-electron chi connectivity index (χ4n) is 1.68. The van der Waals surface area contributed by atoms with E-state index in [-0.39, 0.29) is 24.0 Å². The van der Waals surface area contributed by atoms with E-state index in [9.17, 15) is 0 Å². The van der Waals surface area contributed by atoms with Crippen LogP contribution in [0.25, 0.3) is 0 Å². The first-order valence-electron chi connectivity index (χ1n) is 6.21. The lowest BCUT2D eigenvalue weighted by molar-refractivity contribution is 0.302. The van der Waals surface area contributed by atoms with Crippen molar-refractivity contribution in [2.75, 3.05) is 27.7 Å². The van der Waals surface area contributed by atoms with E-state index < -0.39 is 0 Å². The summed E-state index contributed by atoms with van der Waals surface area (Å²) in [6.07, 6.45) is 0. The van der Waals surface area contributed by atoms with E-state index in [0.29, 0.717) is 12.1 Å². The molecule has 0 aromatic carbocycles. The second-order valence-corrected chi connectivity index (χ2v) is 5.73. The summed E-state index contributed by atoms with van der Waals surface area (Å²) in [5.41, 5.74) is 0. The summed E-state index contributed by atoms with van der Waals surface area (Å²) < 4.78 is 0. The summed E-state index contributed by atoms with van der Waals surface area (Å²) in [5.74, 6) is 0.855. The fraction of sp³-hybridized carbons (Fsp3) is 0.615. The molecule has 0 aliphatic heterocycles. The number of rotatable bonds is 5. The van der Waals surface area contributed by atoms with Gasteiger partial charge in [-0.25, -0.2) is 0 Å². The van der Waals surface area contributed by atoms with E-state index in [4.69, 9.17) is 0 Å². The van der Waals surface area contributed by atoms with Gasteiger partial charge in [-0.3, -0.25) is 4.99 Å². The largest absolute Gasteiger partial charge is 0.354 e. The van der Waals surface area contributed by atoms with Crippen LogP contribution in [0.1, 0.15) is 24.8 Å². The summed E-state index contributed by atoms with van der Waals surface area (Å²) in [6.45, 7) is 5.06. The summed E-state index contributed by atoms with van der Waals surface area (Å²) in [7, 11) is 6.00. The molecule has 0 spiro atoms. The van der Waals surface area contributed by atoms with Crippen molar-refractivity contribution in [3.63, 3.8) is 0 Å². The SMILES string of the molecule is CN=C(NCC(c1cccs1)N(C)C)NC(C)C.I. The predicted octanol–water partition coefficient (Wildman–Crippen LogP) is 2.54. The smallest absolute Gasteiger partial charge is 0.191 e. The summed E-state index contributed by atoms with van der Waals surface area (Å²) in [6, 6.07) is 5.03. The topological polar surface area (TPSA) is 39.7 Å². The highest BCUT2D eigenvalue weighted by Gasteiger charge is 2.15. The van der Waals surface area contributed by atoms with Gasteiger partial charge in [0.15, 0.2) is 5.96 Å². The van der Waals surface area contributed by atoms with E-state index in [2.05, 4.69) is 66.0 Å². The maximum absolute atomic E-state index is 4.22. The molecule has 0 fully saturated rings. The van der Waals surface area contributed by atoms with Crippen LogP contribution >= 0.6 is 35.3 Å². The zero-order valence-corrected chi connectivity index (χ0v) is 15.5.